The van der Waals surface area contributed by atoms with E-state index in [1.165, 1.54) is 51.4 Å². The minimum Gasteiger partial charge on any atom is -0.330 e. The lowest BCUT2D eigenvalue weighted by atomic mass is 10.1. The first kappa shape index (κ1) is 19.8. The van der Waals surface area contributed by atoms with Crippen molar-refractivity contribution in [3.8, 4) is 0 Å². The summed E-state index contributed by atoms with van der Waals surface area (Å²) in [4.78, 5) is 9.33. The Hall–Kier alpha value is -0.160. The third-order valence-corrected chi connectivity index (χ3v) is 3.43. The predicted octanol–water partition coefficient (Wildman–Crippen LogP) is 4.52. The molecule has 0 amide bonds. The van der Waals surface area contributed by atoms with Gasteiger partial charge in [0.2, 0.25) is 0 Å². The van der Waals surface area contributed by atoms with Gasteiger partial charge < -0.3 is 5.73 Å². The van der Waals surface area contributed by atoms with Crippen LogP contribution in [0.1, 0.15) is 84.5 Å². The Morgan fingerprint density at radius 3 is 1.95 bits per heavy atom. The minimum absolute atomic E-state index is 0.178. The van der Waals surface area contributed by atoms with Crippen molar-refractivity contribution in [3.63, 3.8) is 0 Å². The van der Waals surface area contributed by atoms with Gasteiger partial charge in [-0.15, -0.1) is 0 Å². The molecular formula is C16H35NO3. The van der Waals surface area contributed by atoms with Gasteiger partial charge in [0.15, 0.2) is 0 Å². The van der Waals surface area contributed by atoms with Crippen molar-refractivity contribution in [1.29, 1.82) is 0 Å². The van der Waals surface area contributed by atoms with Crippen LogP contribution in [-0.4, -0.2) is 19.3 Å². The maximum absolute atomic E-state index is 5.32. The fraction of sp³-hybridized carbons (Fsp3) is 1.00. The lowest BCUT2D eigenvalue weighted by Gasteiger charge is -2.19. The molecule has 1 rings (SSSR count). The Morgan fingerprint density at radius 1 is 0.900 bits per heavy atom. The first-order chi connectivity index (χ1) is 9.85. The van der Waals surface area contributed by atoms with Crippen LogP contribution in [0.5, 0.6) is 0 Å². The molecule has 1 aliphatic heterocycles. The highest BCUT2D eigenvalue weighted by atomic mass is 17.5. The zero-order valence-electron chi connectivity index (χ0n) is 13.6. The molecule has 0 bridgehead atoms. The van der Waals surface area contributed by atoms with Gasteiger partial charge in [0.25, 0.3) is 0 Å². The van der Waals surface area contributed by atoms with E-state index in [0.29, 0.717) is 13.2 Å². The van der Waals surface area contributed by atoms with Gasteiger partial charge in [-0.1, -0.05) is 70.3 Å². The van der Waals surface area contributed by atoms with Gasteiger partial charge in [0.05, 0.1) is 12.7 Å². The van der Waals surface area contributed by atoms with Crippen molar-refractivity contribution >= 4 is 0 Å². The van der Waals surface area contributed by atoms with Crippen molar-refractivity contribution < 1.29 is 14.8 Å². The molecule has 4 heteroatoms. The normalized spacial score (nSPS) is 18.4. The van der Waals surface area contributed by atoms with E-state index >= 15 is 0 Å². The molecule has 0 saturated carbocycles. The number of hydrogen-bond acceptors (Lipinski definition) is 4. The zero-order valence-corrected chi connectivity index (χ0v) is 13.6. The second-order valence-corrected chi connectivity index (χ2v) is 5.45. The summed E-state index contributed by atoms with van der Waals surface area (Å²) in [5, 5.41) is 4.34. The van der Waals surface area contributed by atoms with Crippen molar-refractivity contribution in [2.75, 3.05) is 13.2 Å². The van der Waals surface area contributed by atoms with Crippen LogP contribution in [0.3, 0.4) is 0 Å². The molecule has 0 aromatic rings. The molecule has 20 heavy (non-hydrogen) atoms. The van der Waals surface area contributed by atoms with Crippen LogP contribution in [-0.2, 0) is 14.8 Å². The third-order valence-electron chi connectivity index (χ3n) is 3.43. The van der Waals surface area contributed by atoms with E-state index < -0.39 is 0 Å². The van der Waals surface area contributed by atoms with Crippen LogP contribution in [0.25, 0.3) is 0 Å². The number of rotatable bonds is 10. The van der Waals surface area contributed by atoms with Crippen LogP contribution < -0.4 is 5.73 Å². The average molecular weight is 289 g/mol. The number of hydrogen-bond donors (Lipinski definition) is 1. The summed E-state index contributed by atoms with van der Waals surface area (Å²) < 4.78 is 0. The van der Waals surface area contributed by atoms with Gasteiger partial charge in [-0.3, -0.25) is 0 Å². The van der Waals surface area contributed by atoms with E-state index in [9.17, 15) is 0 Å². The average Bonchev–Trinajstić information content (AvgIpc) is 2.50. The highest BCUT2D eigenvalue weighted by Gasteiger charge is 2.14. The van der Waals surface area contributed by atoms with Crippen molar-refractivity contribution in [3.05, 3.63) is 0 Å². The van der Waals surface area contributed by atoms with Gasteiger partial charge in [0, 0.05) is 6.42 Å². The van der Waals surface area contributed by atoms with E-state index in [1.54, 1.807) is 0 Å². The maximum Gasteiger partial charge on any atom is 0.0985 e. The van der Waals surface area contributed by atoms with Crippen molar-refractivity contribution in [2.45, 2.75) is 90.6 Å². The lowest BCUT2D eigenvalue weighted by Crippen LogP contribution is -2.22. The monoisotopic (exact) mass is 289 g/mol. The number of unbranched alkanes of at least 4 members (excludes halogenated alkanes) is 7. The second kappa shape index (κ2) is 16.9. The molecule has 0 aromatic carbocycles. The fourth-order valence-corrected chi connectivity index (χ4v) is 2.09. The van der Waals surface area contributed by atoms with Crippen molar-refractivity contribution in [1.82, 2.24) is 0 Å². The molecular weight excluding hydrogens is 254 g/mol. The topological polar surface area (TPSA) is 53.7 Å². The third kappa shape index (κ3) is 14.3. The van der Waals surface area contributed by atoms with E-state index in [0.717, 1.165) is 19.3 Å². The second-order valence-electron chi connectivity index (χ2n) is 5.45. The van der Waals surface area contributed by atoms with Gasteiger partial charge >= 0.3 is 0 Å². The Kier molecular flexibility index (Phi) is 16.8. The molecule has 1 saturated heterocycles. The molecule has 1 atom stereocenters. The summed E-state index contributed by atoms with van der Waals surface area (Å²) in [7, 11) is 0. The Bertz CT molecular complexity index is 165. The molecule has 0 aliphatic carbocycles. The van der Waals surface area contributed by atoms with Crippen LogP contribution in [0.4, 0.5) is 0 Å². The molecule has 2 N–H and O–H groups in total. The Morgan fingerprint density at radius 2 is 1.50 bits per heavy atom. The maximum atomic E-state index is 5.32. The Balaban J connectivity index is 0.000000361. The molecule has 122 valence electrons. The van der Waals surface area contributed by atoms with Gasteiger partial charge in [0.1, 0.15) is 0 Å². The molecule has 1 aliphatic rings. The van der Waals surface area contributed by atoms with Crippen molar-refractivity contribution in [2.24, 2.45) is 5.73 Å². The van der Waals surface area contributed by atoms with Gasteiger partial charge in [-0.25, -0.2) is 9.78 Å². The SMILES string of the molecule is CCCCCCCCCC.NCCCC1CCOOO1. The van der Waals surface area contributed by atoms with E-state index in [2.05, 4.69) is 23.8 Å². The number of nitrogens with two attached hydrogens (primary N) is 1. The van der Waals surface area contributed by atoms with Crippen LogP contribution in [0.2, 0.25) is 0 Å². The quantitative estimate of drug-likeness (QED) is 0.474. The smallest absolute Gasteiger partial charge is 0.0985 e. The first-order valence-corrected chi connectivity index (χ1v) is 8.50. The molecule has 1 heterocycles. The summed E-state index contributed by atoms with van der Waals surface area (Å²) in [6, 6.07) is 0. The molecule has 1 fully saturated rings. The molecule has 0 aromatic heterocycles. The minimum atomic E-state index is 0.178. The van der Waals surface area contributed by atoms with Crippen LogP contribution in [0, 0.1) is 0 Å². The van der Waals surface area contributed by atoms with Gasteiger partial charge in [-0.2, -0.15) is 0 Å². The van der Waals surface area contributed by atoms with E-state index in [-0.39, 0.29) is 6.10 Å². The summed E-state index contributed by atoms with van der Waals surface area (Å²) in [6.45, 7) is 5.87. The lowest BCUT2D eigenvalue weighted by molar-refractivity contribution is -0.549. The largest absolute Gasteiger partial charge is 0.330 e. The zero-order chi connectivity index (χ0) is 14.9. The van der Waals surface area contributed by atoms with Crippen LogP contribution in [0.15, 0.2) is 0 Å². The molecule has 0 spiro atoms. The predicted molar refractivity (Wildman–Crippen MR) is 83.1 cm³/mol. The van der Waals surface area contributed by atoms with Gasteiger partial charge in [-0.05, 0) is 19.4 Å². The summed E-state index contributed by atoms with van der Waals surface area (Å²) in [6.07, 6.45) is 14.5. The summed E-state index contributed by atoms with van der Waals surface area (Å²) >= 11 is 0. The molecule has 0 radical (unpaired) electrons. The van der Waals surface area contributed by atoms with E-state index in [4.69, 9.17) is 10.6 Å². The Labute approximate surface area is 125 Å². The highest BCUT2D eigenvalue weighted by molar-refractivity contribution is 4.57. The summed E-state index contributed by atoms with van der Waals surface area (Å²) in [5.41, 5.74) is 5.32. The summed E-state index contributed by atoms with van der Waals surface area (Å²) in [5.74, 6) is 0. The first-order valence-electron chi connectivity index (χ1n) is 8.50. The van der Waals surface area contributed by atoms with Crippen LogP contribution >= 0.6 is 0 Å². The standard InChI is InChI=1S/C10H22.C6H13NO3/c1-3-5-7-9-10-8-6-4-2;7-4-1-2-6-3-5-8-10-9-6/h3-10H2,1-2H3;6H,1-5,7H2. The van der Waals surface area contributed by atoms with E-state index in [1.807, 2.05) is 0 Å². The molecule has 1 unspecified atom stereocenters. The fourth-order valence-electron chi connectivity index (χ4n) is 2.09. The molecule has 4 nitrogen and oxygen atoms in total. The highest BCUT2D eigenvalue weighted by Crippen LogP contribution is 2.11.